The summed E-state index contributed by atoms with van der Waals surface area (Å²) in [5, 5.41) is 0. The number of hydrazine groups is 1. The summed E-state index contributed by atoms with van der Waals surface area (Å²) in [6.07, 6.45) is 0.622. The lowest BCUT2D eigenvalue weighted by Gasteiger charge is -2.35. The van der Waals surface area contributed by atoms with Gasteiger partial charge in [-0.25, -0.2) is 15.2 Å². The molecule has 2 atom stereocenters. The van der Waals surface area contributed by atoms with Gasteiger partial charge < -0.3 is 9.80 Å². The van der Waals surface area contributed by atoms with Crippen LogP contribution < -0.4 is 10.9 Å². The maximum absolute atomic E-state index is 13.0. The highest BCUT2D eigenvalue weighted by atomic mass is 19.1. The number of halogens is 1. The Bertz CT molecular complexity index is 584. The molecule has 0 spiro atoms. The first-order valence-electron chi connectivity index (χ1n) is 7.85. The third-order valence-corrected chi connectivity index (χ3v) is 4.51. The zero-order valence-corrected chi connectivity index (χ0v) is 13.1. The first kappa shape index (κ1) is 15.9. The molecule has 2 fully saturated rings. The molecular weight excluding hydrogens is 299 g/mol. The van der Waals surface area contributed by atoms with E-state index in [0.29, 0.717) is 32.6 Å². The number of nitrogens with one attached hydrogen (secondary N) is 2. The van der Waals surface area contributed by atoms with Gasteiger partial charge in [-0.2, -0.15) is 0 Å². The molecule has 0 aliphatic carbocycles. The van der Waals surface area contributed by atoms with Crippen molar-refractivity contribution in [1.82, 2.24) is 20.7 Å². The molecule has 124 valence electrons. The summed E-state index contributed by atoms with van der Waals surface area (Å²) in [6.45, 7) is 3.86. The first-order chi connectivity index (χ1) is 11.0. The van der Waals surface area contributed by atoms with Crippen molar-refractivity contribution in [2.75, 3.05) is 26.2 Å². The summed E-state index contributed by atoms with van der Waals surface area (Å²) in [5.74, 6) is -0.171. The lowest BCUT2D eigenvalue weighted by molar-refractivity contribution is -0.139. The number of carbonyl (C=O) groups excluding carboxylic acids is 2. The Morgan fingerprint density at radius 2 is 1.65 bits per heavy atom. The maximum Gasteiger partial charge on any atom is 0.241 e. The summed E-state index contributed by atoms with van der Waals surface area (Å²) in [5.41, 5.74) is 7.09. The largest absolute Gasteiger partial charge is 0.339 e. The van der Waals surface area contributed by atoms with E-state index in [1.54, 1.807) is 28.9 Å². The SMILES string of the molecule is CC(=O)N1CCN(C(=O)C2CC(c3ccc(F)cc3)NN2)CC1. The number of carbonyl (C=O) groups is 2. The third-order valence-electron chi connectivity index (χ3n) is 4.51. The van der Waals surface area contributed by atoms with E-state index in [4.69, 9.17) is 0 Å². The molecule has 2 unspecified atom stereocenters. The Balaban J connectivity index is 1.55. The van der Waals surface area contributed by atoms with Gasteiger partial charge in [0.1, 0.15) is 11.9 Å². The number of nitrogens with zero attached hydrogens (tertiary/aromatic N) is 2. The summed E-state index contributed by atoms with van der Waals surface area (Å²) in [4.78, 5) is 27.4. The van der Waals surface area contributed by atoms with Crippen LogP contribution in [0, 0.1) is 5.82 Å². The fourth-order valence-electron chi connectivity index (χ4n) is 3.09. The van der Waals surface area contributed by atoms with Crippen LogP contribution in [0.3, 0.4) is 0 Å². The molecule has 2 amide bonds. The molecule has 2 aliphatic heterocycles. The molecule has 23 heavy (non-hydrogen) atoms. The number of rotatable bonds is 2. The van der Waals surface area contributed by atoms with Crippen molar-refractivity contribution in [3.05, 3.63) is 35.6 Å². The van der Waals surface area contributed by atoms with Crippen LogP contribution in [-0.4, -0.2) is 53.8 Å². The van der Waals surface area contributed by atoms with Gasteiger partial charge in [0.2, 0.25) is 11.8 Å². The van der Waals surface area contributed by atoms with Crippen LogP contribution in [0.5, 0.6) is 0 Å². The predicted molar refractivity (Wildman–Crippen MR) is 82.7 cm³/mol. The van der Waals surface area contributed by atoms with E-state index in [1.165, 1.54) is 12.1 Å². The van der Waals surface area contributed by atoms with Crippen LogP contribution in [0.1, 0.15) is 24.9 Å². The molecule has 6 nitrogen and oxygen atoms in total. The van der Waals surface area contributed by atoms with Gasteiger partial charge in [-0.1, -0.05) is 12.1 Å². The molecule has 2 aliphatic rings. The molecule has 1 aromatic rings. The summed E-state index contributed by atoms with van der Waals surface area (Å²) >= 11 is 0. The quantitative estimate of drug-likeness (QED) is 0.829. The Hall–Kier alpha value is -1.99. The van der Waals surface area contributed by atoms with Crippen LogP contribution in [0.4, 0.5) is 4.39 Å². The highest BCUT2D eigenvalue weighted by Gasteiger charge is 2.34. The Morgan fingerprint density at radius 3 is 2.26 bits per heavy atom. The number of benzene rings is 1. The summed E-state index contributed by atoms with van der Waals surface area (Å²) in [7, 11) is 0. The van der Waals surface area contributed by atoms with Crippen molar-refractivity contribution < 1.29 is 14.0 Å². The van der Waals surface area contributed by atoms with Gasteiger partial charge in [-0.3, -0.25) is 9.59 Å². The van der Waals surface area contributed by atoms with Gasteiger partial charge in [0.05, 0.1) is 0 Å². The van der Waals surface area contributed by atoms with Gasteiger partial charge >= 0.3 is 0 Å². The smallest absolute Gasteiger partial charge is 0.241 e. The van der Waals surface area contributed by atoms with Crippen LogP contribution in [-0.2, 0) is 9.59 Å². The summed E-state index contributed by atoms with van der Waals surface area (Å²) in [6, 6.07) is 6.00. The van der Waals surface area contributed by atoms with E-state index >= 15 is 0 Å². The Morgan fingerprint density at radius 1 is 1.04 bits per heavy atom. The molecule has 0 radical (unpaired) electrons. The van der Waals surface area contributed by atoms with Gasteiger partial charge in [0.25, 0.3) is 0 Å². The zero-order chi connectivity index (χ0) is 16.4. The number of hydrogen-bond donors (Lipinski definition) is 2. The van der Waals surface area contributed by atoms with E-state index < -0.39 is 0 Å². The van der Waals surface area contributed by atoms with Crippen molar-refractivity contribution in [3.63, 3.8) is 0 Å². The molecule has 0 bridgehead atoms. The average molecular weight is 320 g/mol. The van der Waals surface area contributed by atoms with E-state index in [9.17, 15) is 14.0 Å². The minimum atomic E-state index is -0.297. The van der Waals surface area contributed by atoms with Gasteiger partial charge in [0, 0.05) is 39.1 Å². The third kappa shape index (κ3) is 3.51. The van der Waals surface area contributed by atoms with Gasteiger partial charge in [-0.15, -0.1) is 0 Å². The highest BCUT2D eigenvalue weighted by Crippen LogP contribution is 2.23. The van der Waals surface area contributed by atoms with Crippen LogP contribution in [0.2, 0.25) is 0 Å². The average Bonchev–Trinajstić information content (AvgIpc) is 3.05. The fourth-order valence-corrected chi connectivity index (χ4v) is 3.09. The van der Waals surface area contributed by atoms with Crippen LogP contribution in [0.15, 0.2) is 24.3 Å². The van der Waals surface area contributed by atoms with Crippen molar-refractivity contribution in [3.8, 4) is 0 Å². The van der Waals surface area contributed by atoms with Crippen molar-refractivity contribution in [2.24, 2.45) is 0 Å². The van der Waals surface area contributed by atoms with E-state index in [2.05, 4.69) is 10.9 Å². The van der Waals surface area contributed by atoms with Crippen molar-refractivity contribution in [1.29, 1.82) is 0 Å². The number of hydrogen-bond acceptors (Lipinski definition) is 4. The maximum atomic E-state index is 13.0. The van der Waals surface area contributed by atoms with Crippen molar-refractivity contribution >= 4 is 11.8 Å². The van der Waals surface area contributed by atoms with Gasteiger partial charge in [-0.05, 0) is 24.1 Å². The molecule has 2 heterocycles. The molecule has 2 saturated heterocycles. The second-order valence-corrected chi connectivity index (χ2v) is 6.01. The molecule has 2 N–H and O–H groups in total. The minimum Gasteiger partial charge on any atom is -0.339 e. The predicted octanol–water partition coefficient (Wildman–Crippen LogP) is 0.424. The second-order valence-electron chi connectivity index (χ2n) is 6.01. The normalized spacial score (nSPS) is 24.8. The van der Waals surface area contributed by atoms with E-state index in [0.717, 1.165) is 5.56 Å². The molecule has 3 rings (SSSR count). The van der Waals surface area contributed by atoms with Crippen LogP contribution in [0.25, 0.3) is 0 Å². The Labute approximate surface area is 134 Å². The number of amides is 2. The minimum absolute atomic E-state index is 0.0111. The lowest BCUT2D eigenvalue weighted by atomic mass is 10.0. The molecule has 0 aromatic heterocycles. The van der Waals surface area contributed by atoms with E-state index in [-0.39, 0.29) is 29.7 Å². The fraction of sp³-hybridized carbons (Fsp3) is 0.500. The summed E-state index contributed by atoms with van der Waals surface area (Å²) < 4.78 is 13.0. The lowest BCUT2D eigenvalue weighted by Crippen LogP contribution is -2.54. The van der Waals surface area contributed by atoms with Gasteiger partial charge in [0.15, 0.2) is 0 Å². The zero-order valence-electron chi connectivity index (χ0n) is 13.1. The molecule has 7 heteroatoms. The van der Waals surface area contributed by atoms with E-state index in [1.807, 2.05) is 0 Å². The first-order valence-corrected chi connectivity index (χ1v) is 7.85. The topological polar surface area (TPSA) is 64.7 Å². The number of piperazine rings is 1. The highest BCUT2D eigenvalue weighted by molar-refractivity contribution is 5.82. The Kier molecular flexibility index (Phi) is 4.58. The molecule has 0 saturated carbocycles. The monoisotopic (exact) mass is 320 g/mol. The van der Waals surface area contributed by atoms with Crippen LogP contribution >= 0.6 is 0 Å². The molecular formula is C16H21FN4O2. The second kappa shape index (κ2) is 6.64. The standard InChI is InChI=1S/C16H21FN4O2/c1-11(22)20-6-8-21(9-7-20)16(23)15-10-14(18-19-15)12-2-4-13(17)5-3-12/h2-5,14-15,18-19H,6-10H2,1H3. The van der Waals surface area contributed by atoms with Crippen molar-refractivity contribution in [2.45, 2.75) is 25.4 Å². The molecule has 1 aromatic carbocycles.